The molecule has 2 heterocycles. The molecule has 2 aromatic carbocycles. The van der Waals surface area contributed by atoms with Crippen molar-refractivity contribution in [2.75, 3.05) is 16.6 Å². The van der Waals surface area contributed by atoms with Crippen LogP contribution in [0, 0.1) is 5.41 Å². The number of nitrogen functional groups attached to an aromatic ring is 2. The maximum atomic E-state index is 13.0. The van der Waals surface area contributed by atoms with E-state index in [1.54, 1.807) is 29.2 Å². The van der Waals surface area contributed by atoms with Gasteiger partial charge in [-0.2, -0.15) is 0 Å². The molecule has 6 N–H and O–H groups in total. The molecule has 1 aliphatic rings. The molecule has 0 aliphatic carbocycles. The van der Waals surface area contributed by atoms with E-state index in [0.717, 1.165) is 16.3 Å². The lowest BCUT2D eigenvalue weighted by Gasteiger charge is -2.26. The summed E-state index contributed by atoms with van der Waals surface area (Å²) in [5, 5.41) is 11.2. The summed E-state index contributed by atoms with van der Waals surface area (Å²) in [6.45, 7) is 0.856. The Kier molecular flexibility index (Phi) is 5.46. The molecular formula is C20H21N5O3S2. The van der Waals surface area contributed by atoms with E-state index >= 15 is 0 Å². The van der Waals surface area contributed by atoms with Crippen LogP contribution in [0.25, 0.3) is 10.8 Å². The lowest BCUT2D eigenvalue weighted by Crippen LogP contribution is -2.42. The van der Waals surface area contributed by atoms with E-state index in [-0.39, 0.29) is 11.7 Å². The summed E-state index contributed by atoms with van der Waals surface area (Å²) >= 11 is -0.999. The topological polar surface area (TPSA) is 137 Å². The van der Waals surface area contributed by atoms with Gasteiger partial charge in [-0.1, -0.05) is 12.1 Å². The number of likely N-dealkylation sites (tertiary alicyclic amines) is 1. The minimum absolute atomic E-state index is 0.00297. The highest BCUT2D eigenvalue weighted by molar-refractivity contribution is 7.80. The summed E-state index contributed by atoms with van der Waals surface area (Å²) in [6, 6.07) is 11.9. The molecule has 4 rings (SSSR count). The Hall–Kier alpha value is -2.95. The van der Waals surface area contributed by atoms with Gasteiger partial charge in [-0.3, -0.25) is 19.1 Å². The van der Waals surface area contributed by atoms with Gasteiger partial charge in [0, 0.05) is 18.8 Å². The summed E-state index contributed by atoms with van der Waals surface area (Å²) in [5.74, 6) is -0.206. The van der Waals surface area contributed by atoms with Crippen LogP contribution in [0.1, 0.15) is 16.9 Å². The van der Waals surface area contributed by atoms with E-state index < -0.39 is 17.3 Å². The Labute approximate surface area is 180 Å². The van der Waals surface area contributed by atoms with Crippen molar-refractivity contribution in [2.24, 2.45) is 5.73 Å². The number of amidine groups is 1. The second-order valence-electron chi connectivity index (χ2n) is 7.14. The van der Waals surface area contributed by atoms with Gasteiger partial charge in [-0.25, -0.2) is 4.21 Å². The quantitative estimate of drug-likeness (QED) is 0.201. The Morgan fingerprint density at radius 1 is 1.27 bits per heavy atom. The molecule has 2 unspecified atom stereocenters. The second kappa shape index (κ2) is 8.05. The molecule has 1 fully saturated rings. The molecule has 0 spiro atoms. The van der Waals surface area contributed by atoms with Crippen molar-refractivity contribution in [3.05, 3.63) is 58.3 Å². The zero-order valence-electron chi connectivity index (χ0n) is 15.9. The van der Waals surface area contributed by atoms with E-state index in [9.17, 15) is 13.6 Å². The van der Waals surface area contributed by atoms with Crippen LogP contribution in [-0.4, -0.2) is 38.0 Å². The average molecular weight is 444 g/mol. The number of carbonyl (C=O) groups is 1. The highest BCUT2D eigenvalue weighted by Crippen LogP contribution is 2.30. The zero-order valence-corrected chi connectivity index (χ0v) is 17.6. The number of anilines is 2. The van der Waals surface area contributed by atoms with Gasteiger partial charge in [0.2, 0.25) is 5.91 Å². The molecule has 3 aromatic rings. The number of hydrogen-bond acceptors (Lipinski definition) is 5. The van der Waals surface area contributed by atoms with Crippen LogP contribution in [-0.2, 0) is 22.6 Å². The fourth-order valence-electron chi connectivity index (χ4n) is 3.68. The van der Waals surface area contributed by atoms with Crippen LogP contribution in [0.2, 0.25) is 0 Å². The van der Waals surface area contributed by atoms with Crippen molar-refractivity contribution in [3.8, 4) is 0 Å². The summed E-state index contributed by atoms with van der Waals surface area (Å²) in [6.07, 6.45) is 0.439. The third kappa shape index (κ3) is 3.89. The van der Waals surface area contributed by atoms with Crippen molar-refractivity contribution < 1.29 is 13.6 Å². The third-order valence-corrected chi connectivity index (χ3v) is 6.93. The average Bonchev–Trinajstić information content (AvgIpc) is 3.31. The van der Waals surface area contributed by atoms with Gasteiger partial charge in [0.25, 0.3) is 11.3 Å². The lowest BCUT2D eigenvalue weighted by molar-refractivity contribution is -0.129. The first-order chi connectivity index (χ1) is 14.3. The maximum Gasteiger partial charge on any atom is 0.262 e. The highest BCUT2D eigenvalue weighted by atomic mass is 32.2. The highest BCUT2D eigenvalue weighted by Gasteiger charge is 2.38. The molecule has 30 heavy (non-hydrogen) atoms. The standard InChI is InChI=1S/C20H21N5O3S2/c21-15-3-1-14-9-16(4-2-13(14)8-15)25(30(27)28)17-5-6-24(20(17)26)10-12-7-18(19(22)23)29-11-12/h1-4,7-9,11,17H,5-6,10,21H2,(H3,22,23)(H,27,28). The first-order valence-electron chi connectivity index (χ1n) is 9.23. The first kappa shape index (κ1) is 20.3. The number of rotatable bonds is 6. The van der Waals surface area contributed by atoms with Crippen molar-refractivity contribution >= 4 is 56.5 Å². The van der Waals surface area contributed by atoms with Gasteiger partial charge in [-0.05, 0) is 58.5 Å². The van der Waals surface area contributed by atoms with Gasteiger partial charge in [0.05, 0.1) is 10.6 Å². The predicted molar refractivity (Wildman–Crippen MR) is 121 cm³/mol. The Morgan fingerprint density at radius 2 is 2.00 bits per heavy atom. The number of hydrogen-bond donors (Lipinski definition) is 4. The molecule has 0 saturated carbocycles. The minimum Gasteiger partial charge on any atom is -0.399 e. The van der Waals surface area contributed by atoms with Crippen LogP contribution in [0.5, 0.6) is 0 Å². The van der Waals surface area contributed by atoms with Crippen molar-refractivity contribution in [1.29, 1.82) is 5.41 Å². The monoisotopic (exact) mass is 443 g/mol. The van der Waals surface area contributed by atoms with Gasteiger partial charge in [0.1, 0.15) is 11.9 Å². The first-order valence-corrected chi connectivity index (χ1v) is 11.2. The fraction of sp³-hybridized carbons (Fsp3) is 0.200. The molecule has 1 amide bonds. The molecule has 10 heteroatoms. The number of nitrogens with two attached hydrogens (primary N) is 2. The summed E-state index contributed by atoms with van der Waals surface area (Å²) < 4.78 is 23.4. The van der Waals surface area contributed by atoms with Crippen LogP contribution in [0.4, 0.5) is 11.4 Å². The number of fused-ring (bicyclic) bond motifs is 1. The second-order valence-corrected chi connectivity index (χ2v) is 8.91. The fourth-order valence-corrected chi connectivity index (χ4v) is 5.16. The van der Waals surface area contributed by atoms with E-state index in [1.807, 2.05) is 23.6 Å². The SMILES string of the molecule is N=C(N)c1cc(CN2CCC(N(c3ccc4cc(N)ccc4c3)S(=O)O)C2=O)cs1. The molecule has 1 saturated heterocycles. The number of carbonyl (C=O) groups excluding carboxylic acids is 1. The molecule has 1 aromatic heterocycles. The number of benzene rings is 2. The van der Waals surface area contributed by atoms with Crippen molar-refractivity contribution in [1.82, 2.24) is 4.90 Å². The maximum absolute atomic E-state index is 13.0. The lowest BCUT2D eigenvalue weighted by atomic mass is 10.1. The molecular weight excluding hydrogens is 422 g/mol. The largest absolute Gasteiger partial charge is 0.399 e. The number of nitrogens with one attached hydrogen (secondary N) is 1. The number of thiophene rings is 1. The van der Waals surface area contributed by atoms with Crippen molar-refractivity contribution in [3.63, 3.8) is 0 Å². The van der Waals surface area contributed by atoms with Gasteiger partial charge >= 0.3 is 0 Å². The van der Waals surface area contributed by atoms with Gasteiger partial charge < -0.3 is 16.4 Å². The number of amides is 1. The Balaban J connectivity index is 1.57. The minimum atomic E-state index is -2.36. The van der Waals surface area contributed by atoms with Crippen molar-refractivity contribution in [2.45, 2.75) is 19.0 Å². The van der Waals surface area contributed by atoms with E-state index in [2.05, 4.69) is 0 Å². The van der Waals surface area contributed by atoms with E-state index in [1.165, 1.54) is 15.6 Å². The smallest absolute Gasteiger partial charge is 0.262 e. The van der Waals surface area contributed by atoms with Crippen LogP contribution in [0.15, 0.2) is 47.8 Å². The van der Waals surface area contributed by atoms with Gasteiger partial charge in [0.15, 0.2) is 0 Å². The molecule has 8 nitrogen and oxygen atoms in total. The van der Waals surface area contributed by atoms with Crippen LogP contribution in [0.3, 0.4) is 0 Å². The normalized spacial score (nSPS) is 17.4. The predicted octanol–water partition coefficient (Wildman–Crippen LogP) is 2.51. The molecule has 2 atom stereocenters. The molecule has 1 aliphatic heterocycles. The van der Waals surface area contributed by atoms with Crippen LogP contribution < -0.4 is 15.8 Å². The number of nitrogens with zero attached hydrogens (tertiary/aromatic N) is 2. The molecule has 0 bridgehead atoms. The summed E-state index contributed by atoms with van der Waals surface area (Å²) in [5.41, 5.74) is 13.4. The Morgan fingerprint density at radius 3 is 2.70 bits per heavy atom. The van der Waals surface area contributed by atoms with E-state index in [4.69, 9.17) is 16.9 Å². The summed E-state index contributed by atoms with van der Waals surface area (Å²) in [7, 11) is 0. The summed E-state index contributed by atoms with van der Waals surface area (Å²) in [4.78, 5) is 15.4. The van der Waals surface area contributed by atoms with Crippen LogP contribution >= 0.6 is 11.3 Å². The van der Waals surface area contributed by atoms with Gasteiger partial charge in [-0.15, -0.1) is 11.3 Å². The molecule has 156 valence electrons. The molecule has 0 radical (unpaired) electrons. The zero-order chi connectivity index (χ0) is 21.4. The van der Waals surface area contributed by atoms with E-state index in [0.29, 0.717) is 35.8 Å². The Bertz CT molecular complexity index is 1160. The third-order valence-electron chi connectivity index (χ3n) is 5.12.